The molecule has 0 aliphatic heterocycles. The lowest BCUT2D eigenvalue weighted by Crippen LogP contribution is -2.16. The first-order valence-corrected chi connectivity index (χ1v) is 9.78. The Morgan fingerprint density at radius 3 is 2.36 bits per heavy atom. The van der Waals surface area contributed by atoms with Crippen molar-refractivity contribution in [1.29, 1.82) is 0 Å². The molecule has 0 radical (unpaired) electrons. The molecule has 3 rings (SSSR count). The number of amides is 1. The number of hydrogen-bond donors (Lipinski definition) is 2. The highest BCUT2D eigenvalue weighted by Gasteiger charge is 2.16. The molecule has 2 heterocycles. The van der Waals surface area contributed by atoms with Crippen LogP contribution in [0.25, 0.3) is 6.08 Å². The summed E-state index contributed by atoms with van der Waals surface area (Å²) in [5.41, 5.74) is 1.77. The van der Waals surface area contributed by atoms with Crippen molar-refractivity contribution in [2.75, 3.05) is 10.0 Å². The molecule has 0 saturated carbocycles. The third-order valence-corrected chi connectivity index (χ3v) is 4.93. The van der Waals surface area contributed by atoms with Crippen molar-refractivity contribution in [3.8, 4) is 0 Å². The smallest absolute Gasteiger partial charge is 0.264 e. The van der Waals surface area contributed by atoms with E-state index in [-0.39, 0.29) is 16.8 Å². The predicted octanol–water partition coefficient (Wildman–Crippen LogP) is 3.14. The van der Waals surface area contributed by atoms with Crippen LogP contribution in [0.1, 0.15) is 17.1 Å². The minimum absolute atomic E-state index is 0.0120. The summed E-state index contributed by atoms with van der Waals surface area (Å²) in [5.74, 6) is 0.197. The first-order valence-electron chi connectivity index (χ1n) is 8.29. The van der Waals surface area contributed by atoms with E-state index >= 15 is 0 Å². The maximum Gasteiger partial charge on any atom is 0.264 e. The van der Waals surface area contributed by atoms with E-state index in [4.69, 9.17) is 4.42 Å². The Labute approximate surface area is 162 Å². The van der Waals surface area contributed by atoms with Gasteiger partial charge in [0.2, 0.25) is 11.9 Å². The fraction of sp³-hybridized carbons (Fsp3) is 0.105. The SMILES string of the molecule is Cc1cc(C)nc(NS(=O)(=O)c2ccc(NC(=O)/C=C/c3ccco3)cc2)n1. The Balaban J connectivity index is 1.68. The average molecular weight is 398 g/mol. The Kier molecular flexibility index (Phi) is 5.55. The van der Waals surface area contributed by atoms with Crippen molar-refractivity contribution in [2.45, 2.75) is 18.7 Å². The van der Waals surface area contributed by atoms with E-state index in [0.717, 1.165) is 0 Å². The summed E-state index contributed by atoms with van der Waals surface area (Å²) < 4.78 is 32.4. The quantitative estimate of drug-likeness (QED) is 0.617. The number of benzene rings is 1. The molecule has 2 N–H and O–H groups in total. The first kappa shape index (κ1) is 19.3. The number of nitrogens with one attached hydrogen (secondary N) is 2. The van der Waals surface area contributed by atoms with Gasteiger partial charge in [-0.2, -0.15) is 0 Å². The normalized spacial score (nSPS) is 11.5. The molecule has 8 nitrogen and oxygen atoms in total. The second kappa shape index (κ2) is 8.05. The zero-order valence-electron chi connectivity index (χ0n) is 15.2. The molecule has 0 unspecified atom stereocenters. The van der Waals surface area contributed by atoms with Crippen LogP contribution < -0.4 is 10.0 Å². The Morgan fingerprint density at radius 1 is 1.07 bits per heavy atom. The van der Waals surface area contributed by atoms with Gasteiger partial charge in [0.15, 0.2) is 0 Å². The fourth-order valence-corrected chi connectivity index (χ4v) is 3.34. The molecule has 0 saturated heterocycles. The number of hydrogen-bond acceptors (Lipinski definition) is 6. The van der Waals surface area contributed by atoms with Gasteiger partial charge in [-0.05, 0) is 62.4 Å². The summed E-state index contributed by atoms with van der Waals surface area (Å²) in [5, 5.41) is 2.64. The van der Waals surface area contributed by atoms with Crippen molar-refractivity contribution >= 4 is 33.6 Å². The monoisotopic (exact) mass is 398 g/mol. The van der Waals surface area contributed by atoms with Crippen LogP contribution in [0.3, 0.4) is 0 Å². The van der Waals surface area contributed by atoms with Crippen LogP contribution in [0.15, 0.2) is 64.1 Å². The Morgan fingerprint density at radius 2 is 1.75 bits per heavy atom. The number of furan rings is 1. The van der Waals surface area contributed by atoms with Gasteiger partial charge in [0.25, 0.3) is 10.0 Å². The van der Waals surface area contributed by atoms with E-state index < -0.39 is 10.0 Å². The highest BCUT2D eigenvalue weighted by molar-refractivity contribution is 7.92. The zero-order valence-corrected chi connectivity index (χ0v) is 16.0. The Hall–Kier alpha value is -3.46. The van der Waals surface area contributed by atoms with Crippen molar-refractivity contribution in [3.63, 3.8) is 0 Å². The zero-order chi connectivity index (χ0) is 20.1. The number of anilines is 2. The van der Waals surface area contributed by atoms with Crippen LogP contribution in [-0.4, -0.2) is 24.3 Å². The molecule has 0 atom stereocenters. The molecule has 0 fully saturated rings. The van der Waals surface area contributed by atoms with Gasteiger partial charge in [-0.25, -0.2) is 23.1 Å². The van der Waals surface area contributed by atoms with Gasteiger partial charge in [-0.1, -0.05) is 0 Å². The molecule has 0 aliphatic carbocycles. The van der Waals surface area contributed by atoms with Gasteiger partial charge in [-0.15, -0.1) is 0 Å². The summed E-state index contributed by atoms with van der Waals surface area (Å²) in [6, 6.07) is 10.9. The summed E-state index contributed by atoms with van der Waals surface area (Å²) in [7, 11) is -3.85. The van der Waals surface area contributed by atoms with Crippen LogP contribution in [-0.2, 0) is 14.8 Å². The van der Waals surface area contributed by atoms with E-state index in [0.29, 0.717) is 22.8 Å². The van der Waals surface area contributed by atoms with Gasteiger partial charge in [0, 0.05) is 23.2 Å². The summed E-state index contributed by atoms with van der Waals surface area (Å²) >= 11 is 0. The molecule has 9 heteroatoms. The van der Waals surface area contributed by atoms with Crippen molar-refractivity contribution in [1.82, 2.24) is 9.97 Å². The van der Waals surface area contributed by atoms with Crippen LogP contribution in [0.4, 0.5) is 11.6 Å². The number of carbonyl (C=O) groups excluding carboxylic acids is 1. The number of sulfonamides is 1. The summed E-state index contributed by atoms with van der Waals surface area (Å²) in [4.78, 5) is 20.1. The molecule has 1 aromatic carbocycles. The molecule has 28 heavy (non-hydrogen) atoms. The third kappa shape index (κ3) is 5.04. The number of rotatable bonds is 6. The third-order valence-electron chi connectivity index (χ3n) is 3.58. The topological polar surface area (TPSA) is 114 Å². The molecule has 1 amide bonds. The van der Waals surface area contributed by atoms with E-state index in [9.17, 15) is 13.2 Å². The van der Waals surface area contributed by atoms with Gasteiger partial charge in [0.05, 0.1) is 11.2 Å². The first-order chi connectivity index (χ1) is 13.3. The standard InChI is InChI=1S/C19H18N4O4S/c1-13-12-14(2)21-19(20-13)23-28(25,26)17-8-5-15(6-9-17)22-18(24)10-7-16-4-3-11-27-16/h3-12H,1-2H3,(H,22,24)(H,20,21,23)/b10-7+. The predicted molar refractivity (Wildman–Crippen MR) is 105 cm³/mol. The molecule has 3 aromatic rings. The molecule has 0 aliphatic rings. The second-order valence-electron chi connectivity index (χ2n) is 5.94. The van der Waals surface area contributed by atoms with E-state index in [1.807, 2.05) is 0 Å². The minimum Gasteiger partial charge on any atom is -0.465 e. The van der Waals surface area contributed by atoms with E-state index in [2.05, 4.69) is 20.0 Å². The highest BCUT2D eigenvalue weighted by Crippen LogP contribution is 2.17. The number of nitrogens with zero attached hydrogens (tertiary/aromatic N) is 2. The summed E-state index contributed by atoms with van der Waals surface area (Å²) in [6.07, 6.45) is 4.36. The van der Waals surface area contributed by atoms with Crippen molar-refractivity contribution in [2.24, 2.45) is 0 Å². The van der Waals surface area contributed by atoms with E-state index in [1.54, 1.807) is 32.0 Å². The van der Waals surface area contributed by atoms with Gasteiger partial charge in [0.1, 0.15) is 5.76 Å². The largest absolute Gasteiger partial charge is 0.465 e. The lowest BCUT2D eigenvalue weighted by atomic mass is 10.3. The van der Waals surface area contributed by atoms with Gasteiger partial charge < -0.3 is 9.73 Å². The maximum absolute atomic E-state index is 12.5. The molecular weight excluding hydrogens is 380 g/mol. The van der Waals surface area contributed by atoms with Crippen LogP contribution >= 0.6 is 0 Å². The maximum atomic E-state index is 12.5. The highest BCUT2D eigenvalue weighted by atomic mass is 32.2. The lowest BCUT2D eigenvalue weighted by Gasteiger charge is -2.09. The van der Waals surface area contributed by atoms with Crippen LogP contribution in [0, 0.1) is 13.8 Å². The minimum atomic E-state index is -3.85. The van der Waals surface area contributed by atoms with Crippen LogP contribution in [0.2, 0.25) is 0 Å². The van der Waals surface area contributed by atoms with Crippen molar-refractivity contribution in [3.05, 3.63) is 72.0 Å². The lowest BCUT2D eigenvalue weighted by molar-refractivity contribution is -0.111. The number of carbonyl (C=O) groups is 1. The average Bonchev–Trinajstić information content (AvgIpc) is 3.13. The second-order valence-corrected chi connectivity index (χ2v) is 7.62. The van der Waals surface area contributed by atoms with Gasteiger partial charge >= 0.3 is 0 Å². The summed E-state index contributed by atoms with van der Waals surface area (Å²) in [6.45, 7) is 3.51. The van der Waals surface area contributed by atoms with E-state index in [1.165, 1.54) is 42.7 Å². The number of aryl methyl sites for hydroxylation is 2. The van der Waals surface area contributed by atoms with Gasteiger partial charge in [-0.3, -0.25) is 4.79 Å². The number of aromatic nitrogens is 2. The fourth-order valence-electron chi connectivity index (χ4n) is 2.40. The molecule has 2 aromatic heterocycles. The molecule has 0 bridgehead atoms. The molecular formula is C19H18N4O4S. The van der Waals surface area contributed by atoms with Crippen LogP contribution in [0.5, 0.6) is 0 Å². The molecule has 0 spiro atoms. The Bertz CT molecular complexity index is 1090. The van der Waals surface area contributed by atoms with Crippen molar-refractivity contribution < 1.29 is 17.6 Å². The molecule has 144 valence electrons.